The van der Waals surface area contributed by atoms with Crippen LogP contribution in [0.5, 0.6) is 0 Å². The highest BCUT2D eigenvalue weighted by Crippen LogP contribution is 2.20. The van der Waals surface area contributed by atoms with Crippen LogP contribution in [0.15, 0.2) is 77.6 Å². The van der Waals surface area contributed by atoms with Gasteiger partial charge >= 0.3 is 5.97 Å². The maximum absolute atomic E-state index is 13.2. The number of amides is 1. The Morgan fingerprint density at radius 2 is 1.37 bits per heavy atom. The largest absolute Gasteiger partial charge is 0.454 e. The zero-order valence-electron chi connectivity index (χ0n) is 19.0. The minimum Gasteiger partial charge on any atom is -0.454 e. The molecule has 5 rings (SSSR count). The van der Waals surface area contributed by atoms with E-state index in [1.54, 1.807) is 58.0 Å². The molecule has 4 aromatic rings. The van der Waals surface area contributed by atoms with Crippen LogP contribution in [0.2, 0.25) is 0 Å². The Morgan fingerprint density at radius 1 is 0.800 bits per heavy atom. The zero-order chi connectivity index (χ0) is 24.4. The molecule has 1 fully saturated rings. The van der Waals surface area contributed by atoms with Gasteiger partial charge in [0.1, 0.15) is 12.4 Å². The summed E-state index contributed by atoms with van der Waals surface area (Å²) in [5, 5.41) is 1.04. The van der Waals surface area contributed by atoms with Gasteiger partial charge in [-0.1, -0.05) is 24.3 Å². The maximum atomic E-state index is 13.2. The van der Waals surface area contributed by atoms with Crippen LogP contribution in [-0.2, 0) is 20.9 Å². The highest BCUT2D eigenvalue weighted by atomic mass is 19.1. The molecule has 3 aromatic carbocycles. The lowest BCUT2D eigenvalue weighted by Gasteiger charge is -2.36. The number of hydrogen-bond acceptors (Lipinski definition) is 5. The predicted octanol–water partition coefficient (Wildman–Crippen LogP) is 3.19. The summed E-state index contributed by atoms with van der Waals surface area (Å²) in [6, 6.07) is 20.5. The Balaban J connectivity index is 1.23. The lowest BCUT2D eigenvalue weighted by atomic mass is 10.1. The summed E-state index contributed by atoms with van der Waals surface area (Å²) in [6.07, 6.45) is 0. The molecule has 1 aromatic heterocycles. The van der Waals surface area contributed by atoms with Crippen molar-refractivity contribution in [3.63, 3.8) is 0 Å². The molecule has 0 atom stereocenters. The van der Waals surface area contributed by atoms with E-state index in [4.69, 9.17) is 4.74 Å². The molecule has 0 spiro atoms. The van der Waals surface area contributed by atoms with Crippen molar-refractivity contribution in [2.45, 2.75) is 6.54 Å². The third kappa shape index (κ3) is 4.59. The number of aromatic nitrogens is 1. The number of piperazine rings is 1. The monoisotopic (exact) mass is 473 g/mol. The lowest BCUT2D eigenvalue weighted by molar-refractivity contribution is -0.152. The van der Waals surface area contributed by atoms with Crippen molar-refractivity contribution in [2.75, 3.05) is 37.7 Å². The third-order valence-electron chi connectivity index (χ3n) is 6.35. The first-order valence-corrected chi connectivity index (χ1v) is 11.5. The van der Waals surface area contributed by atoms with Gasteiger partial charge in [-0.2, -0.15) is 0 Å². The molecule has 1 aliphatic heterocycles. The van der Waals surface area contributed by atoms with Gasteiger partial charge in [0, 0.05) is 42.6 Å². The Morgan fingerprint density at radius 3 is 1.97 bits per heavy atom. The molecule has 0 bridgehead atoms. The smallest absolute Gasteiger partial charge is 0.326 e. The summed E-state index contributed by atoms with van der Waals surface area (Å²) < 4.78 is 20.2. The van der Waals surface area contributed by atoms with Crippen molar-refractivity contribution in [3.05, 3.63) is 88.8 Å². The van der Waals surface area contributed by atoms with E-state index in [1.807, 2.05) is 12.1 Å². The van der Waals surface area contributed by atoms with Crippen molar-refractivity contribution in [2.24, 2.45) is 0 Å². The molecule has 1 amide bonds. The minimum atomic E-state index is -0.553. The Hall–Kier alpha value is -4.20. The molecule has 1 saturated heterocycles. The van der Waals surface area contributed by atoms with Crippen LogP contribution in [-0.4, -0.2) is 54.1 Å². The highest BCUT2D eigenvalue weighted by Gasteiger charge is 2.22. The van der Waals surface area contributed by atoms with Crippen molar-refractivity contribution in [3.8, 4) is 0 Å². The number of carbonyl (C=O) groups is 2. The van der Waals surface area contributed by atoms with E-state index in [0.29, 0.717) is 48.0 Å². The number of para-hydroxylation sites is 2. The van der Waals surface area contributed by atoms with Gasteiger partial charge < -0.3 is 19.1 Å². The number of esters is 1. The van der Waals surface area contributed by atoms with Crippen molar-refractivity contribution < 1.29 is 18.7 Å². The van der Waals surface area contributed by atoms with Crippen molar-refractivity contribution >= 4 is 39.4 Å². The molecule has 7 nitrogen and oxygen atoms in total. The fourth-order valence-electron chi connectivity index (χ4n) is 4.52. The van der Waals surface area contributed by atoms with Crippen LogP contribution in [0.3, 0.4) is 0 Å². The molecule has 1 aliphatic rings. The molecule has 178 valence electrons. The minimum absolute atomic E-state index is 0.0872. The SMILES string of the molecule is O=C(Cn1c2ccccc2c(=O)c2ccccc21)OCC(=O)N1CCN(c2ccc(F)cc2)CC1. The second-order valence-electron chi connectivity index (χ2n) is 8.45. The van der Waals surface area contributed by atoms with Crippen LogP contribution in [0, 0.1) is 5.82 Å². The van der Waals surface area contributed by atoms with Gasteiger partial charge in [-0.3, -0.25) is 14.4 Å². The molecule has 2 heterocycles. The highest BCUT2D eigenvalue weighted by molar-refractivity contribution is 5.94. The van der Waals surface area contributed by atoms with Crippen molar-refractivity contribution in [1.29, 1.82) is 0 Å². The number of anilines is 1. The number of ether oxygens (including phenoxy) is 1. The summed E-state index contributed by atoms with van der Waals surface area (Å²) in [5.41, 5.74) is 2.09. The fourth-order valence-corrected chi connectivity index (χ4v) is 4.52. The van der Waals surface area contributed by atoms with Gasteiger partial charge in [-0.25, -0.2) is 4.39 Å². The van der Waals surface area contributed by atoms with E-state index in [0.717, 1.165) is 5.69 Å². The van der Waals surface area contributed by atoms with Crippen LogP contribution < -0.4 is 10.3 Å². The lowest BCUT2D eigenvalue weighted by Crippen LogP contribution is -2.50. The number of halogens is 1. The molecular weight excluding hydrogens is 449 g/mol. The Labute approximate surface area is 200 Å². The van der Waals surface area contributed by atoms with Gasteiger partial charge in [-0.05, 0) is 48.5 Å². The third-order valence-corrected chi connectivity index (χ3v) is 6.35. The molecular formula is C27H24FN3O4. The van der Waals surface area contributed by atoms with Crippen LogP contribution >= 0.6 is 0 Å². The fraction of sp³-hybridized carbons (Fsp3) is 0.222. The van der Waals surface area contributed by atoms with Gasteiger partial charge in [-0.15, -0.1) is 0 Å². The molecule has 0 radical (unpaired) electrons. The first kappa shape index (κ1) is 22.6. The number of benzene rings is 3. The van der Waals surface area contributed by atoms with E-state index in [-0.39, 0.29) is 30.3 Å². The summed E-state index contributed by atoms with van der Waals surface area (Å²) >= 11 is 0. The topological polar surface area (TPSA) is 71.8 Å². The molecule has 0 saturated carbocycles. The van der Waals surface area contributed by atoms with Crippen molar-refractivity contribution in [1.82, 2.24) is 9.47 Å². The summed E-state index contributed by atoms with van der Waals surface area (Å²) in [5.74, 6) is -1.10. The Bertz CT molecular complexity index is 1400. The first-order chi connectivity index (χ1) is 17.0. The van der Waals surface area contributed by atoms with E-state index < -0.39 is 5.97 Å². The molecule has 0 N–H and O–H groups in total. The summed E-state index contributed by atoms with van der Waals surface area (Å²) in [4.78, 5) is 41.9. The second kappa shape index (κ2) is 9.58. The Kier molecular flexibility index (Phi) is 6.18. The normalized spacial score (nSPS) is 13.9. The van der Waals surface area contributed by atoms with E-state index in [2.05, 4.69) is 4.90 Å². The molecule has 0 unspecified atom stereocenters. The second-order valence-corrected chi connectivity index (χ2v) is 8.45. The zero-order valence-corrected chi connectivity index (χ0v) is 19.0. The standard InChI is InChI=1S/C27H24FN3O4/c28-19-9-11-20(12-10-19)29-13-15-30(16-14-29)25(32)18-35-26(33)17-31-23-7-3-1-5-21(23)27(34)22-6-2-4-8-24(22)31/h1-12H,13-18H2. The van der Waals surface area contributed by atoms with Gasteiger partial charge in [0.05, 0.1) is 11.0 Å². The van der Waals surface area contributed by atoms with Crippen LogP contribution in [0.4, 0.5) is 10.1 Å². The first-order valence-electron chi connectivity index (χ1n) is 11.5. The van der Waals surface area contributed by atoms with Crippen LogP contribution in [0.1, 0.15) is 0 Å². The summed E-state index contributed by atoms with van der Waals surface area (Å²) in [7, 11) is 0. The average Bonchev–Trinajstić information content (AvgIpc) is 2.90. The summed E-state index contributed by atoms with van der Waals surface area (Å²) in [6.45, 7) is 1.74. The van der Waals surface area contributed by atoms with Gasteiger partial charge in [0.2, 0.25) is 0 Å². The number of hydrogen-bond donors (Lipinski definition) is 0. The number of nitrogens with zero attached hydrogens (tertiary/aromatic N) is 3. The quantitative estimate of drug-likeness (QED) is 0.329. The van der Waals surface area contributed by atoms with E-state index in [1.165, 1.54) is 12.1 Å². The number of carbonyl (C=O) groups excluding carboxylic acids is 2. The number of rotatable bonds is 5. The molecule has 0 aliphatic carbocycles. The van der Waals surface area contributed by atoms with E-state index >= 15 is 0 Å². The van der Waals surface area contributed by atoms with Gasteiger partial charge in [0.25, 0.3) is 5.91 Å². The molecule has 35 heavy (non-hydrogen) atoms. The van der Waals surface area contributed by atoms with Crippen LogP contribution in [0.25, 0.3) is 21.8 Å². The maximum Gasteiger partial charge on any atom is 0.326 e. The van der Waals surface area contributed by atoms with E-state index in [9.17, 15) is 18.8 Å². The predicted molar refractivity (Wildman–Crippen MR) is 132 cm³/mol. The number of pyridine rings is 1. The number of fused-ring (bicyclic) bond motifs is 2. The average molecular weight is 474 g/mol. The van der Waals surface area contributed by atoms with Gasteiger partial charge in [0.15, 0.2) is 12.0 Å². The molecule has 8 heteroatoms.